The summed E-state index contributed by atoms with van der Waals surface area (Å²) >= 11 is 5.69. The summed E-state index contributed by atoms with van der Waals surface area (Å²) < 4.78 is 13.8. The minimum Gasteiger partial charge on any atom is -0.347 e. The van der Waals surface area contributed by atoms with Crippen molar-refractivity contribution >= 4 is 17.5 Å². The number of benzene rings is 2. The first-order valence-corrected chi connectivity index (χ1v) is 7.07. The minimum absolute atomic E-state index is 0.000497. The van der Waals surface area contributed by atoms with Crippen molar-refractivity contribution < 1.29 is 9.18 Å². The van der Waals surface area contributed by atoms with E-state index < -0.39 is 17.3 Å². The molecule has 0 atom stereocenters. The lowest BCUT2D eigenvalue weighted by Gasteiger charge is -2.26. The molecule has 2 nitrogen and oxygen atoms in total. The number of carbonyl (C=O) groups is 1. The molecule has 2 aromatic carbocycles. The van der Waals surface area contributed by atoms with Crippen LogP contribution in [0.15, 0.2) is 48.5 Å². The van der Waals surface area contributed by atoms with E-state index in [0.29, 0.717) is 6.42 Å². The highest BCUT2D eigenvalue weighted by atomic mass is 35.5. The summed E-state index contributed by atoms with van der Waals surface area (Å²) in [6.07, 6.45) is 0.661. The number of hydrogen-bond acceptors (Lipinski definition) is 1. The number of halogens is 2. The molecule has 110 valence electrons. The van der Waals surface area contributed by atoms with Crippen LogP contribution in [0.2, 0.25) is 5.02 Å². The van der Waals surface area contributed by atoms with Crippen LogP contribution >= 0.6 is 11.6 Å². The molecule has 4 heteroatoms. The van der Waals surface area contributed by atoms with Gasteiger partial charge in [0.15, 0.2) is 0 Å². The number of nitrogens with one attached hydrogen (secondary N) is 1. The molecule has 0 unspecified atom stereocenters. The Balaban J connectivity index is 2.10. The van der Waals surface area contributed by atoms with E-state index in [4.69, 9.17) is 11.6 Å². The molecule has 0 aromatic heterocycles. The lowest BCUT2D eigenvalue weighted by molar-refractivity contribution is 0.0909. The number of carbonyl (C=O) groups excluding carboxylic acids is 1. The highest BCUT2D eigenvalue weighted by Gasteiger charge is 2.23. The highest BCUT2D eigenvalue weighted by Crippen LogP contribution is 2.17. The first-order chi connectivity index (χ1) is 9.87. The Morgan fingerprint density at radius 3 is 2.48 bits per heavy atom. The maximum Gasteiger partial charge on any atom is 0.254 e. The quantitative estimate of drug-likeness (QED) is 0.900. The maximum absolute atomic E-state index is 13.8. The Morgan fingerprint density at radius 2 is 1.86 bits per heavy atom. The highest BCUT2D eigenvalue weighted by molar-refractivity contribution is 6.30. The lowest BCUT2D eigenvalue weighted by atomic mass is 9.94. The van der Waals surface area contributed by atoms with Gasteiger partial charge in [0, 0.05) is 10.6 Å². The van der Waals surface area contributed by atoms with Crippen molar-refractivity contribution in [3.05, 3.63) is 70.5 Å². The molecule has 0 aliphatic rings. The molecule has 0 radical (unpaired) electrons. The molecule has 0 fully saturated rings. The SMILES string of the molecule is CC(C)(Cc1ccccc1)NC(=O)c1ccc(Cl)cc1F. The molecular weight excluding hydrogens is 289 g/mol. The average Bonchev–Trinajstić information content (AvgIpc) is 2.38. The van der Waals surface area contributed by atoms with E-state index in [1.807, 2.05) is 44.2 Å². The van der Waals surface area contributed by atoms with E-state index >= 15 is 0 Å². The molecule has 2 rings (SSSR count). The van der Waals surface area contributed by atoms with Gasteiger partial charge in [-0.1, -0.05) is 41.9 Å². The smallest absolute Gasteiger partial charge is 0.254 e. The van der Waals surface area contributed by atoms with Crippen LogP contribution in [0.1, 0.15) is 29.8 Å². The summed E-state index contributed by atoms with van der Waals surface area (Å²) in [5.41, 5.74) is 0.629. The third-order valence-corrected chi connectivity index (χ3v) is 3.35. The maximum atomic E-state index is 13.8. The summed E-state index contributed by atoms with van der Waals surface area (Å²) in [4.78, 5) is 12.2. The molecule has 0 aliphatic heterocycles. The summed E-state index contributed by atoms with van der Waals surface area (Å²) in [5, 5.41) is 3.13. The molecule has 0 bridgehead atoms. The topological polar surface area (TPSA) is 29.1 Å². The Labute approximate surface area is 128 Å². The van der Waals surface area contributed by atoms with Crippen LogP contribution in [-0.4, -0.2) is 11.4 Å². The van der Waals surface area contributed by atoms with E-state index in [0.717, 1.165) is 11.6 Å². The third-order valence-electron chi connectivity index (χ3n) is 3.12. The molecule has 2 aromatic rings. The molecule has 0 saturated carbocycles. The van der Waals surface area contributed by atoms with E-state index in [2.05, 4.69) is 5.32 Å². The minimum atomic E-state index is -0.615. The Hall–Kier alpha value is -1.87. The first-order valence-electron chi connectivity index (χ1n) is 6.69. The fraction of sp³-hybridized carbons (Fsp3) is 0.235. The van der Waals surface area contributed by atoms with Gasteiger partial charge in [0.1, 0.15) is 5.82 Å². The second kappa shape index (κ2) is 6.27. The second-order valence-electron chi connectivity index (χ2n) is 5.62. The molecule has 0 heterocycles. The van der Waals surface area contributed by atoms with E-state index in [-0.39, 0.29) is 10.6 Å². The standard InChI is InChI=1S/C17H17ClFNO/c1-17(2,11-12-6-4-3-5-7-12)20-16(21)14-9-8-13(18)10-15(14)19/h3-10H,11H2,1-2H3,(H,20,21). The second-order valence-corrected chi connectivity index (χ2v) is 6.06. The Kier molecular flexibility index (Phi) is 4.63. The van der Waals surface area contributed by atoms with E-state index in [1.54, 1.807) is 0 Å². The zero-order valence-electron chi connectivity index (χ0n) is 12.0. The van der Waals surface area contributed by atoms with Gasteiger partial charge in [0.25, 0.3) is 5.91 Å². The number of hydrogen-bond donors (Lipinski definition) is 1. The van der Waals surface area contributed by atoms with Crippen molar-refractivity contribution in [1.29, 1.82) is 0 Å². The molecule has 0 saturated heterocycles. The van der Waals surface area contributed by atoms with Gasteiger partial charge in [-0.3, -0.25) is 4.79 Å². The largest absolute Gasteiger partial charge is 0.347 e. The van der Waals surface area contributed by atoms with Gasteiger partial charge in [-0.05, 0) is 44.0 Å². The van der Waals surface area contributed by atoms with Crippen LogP contribution in [0, 0.1) is 5.82 Å². The van der Waals surface area contributed by atoms with Crippen molar-refractivity contribution in [2.24, 2.45) is 0 Å². The fourth-order valence-corrected chi connectivity index (χ4v) is 2.36. The molecule has 0 spiro atoms. The van der Waals surface area contributed by atoms with Crippen LogP contribution in [0.5, 0.6) is 0 Å². The van der Waals surface area contributed by atoms with E-state index in [9.17, 15) is 9.18 Å². The molecular formula is C17H17ClFNO. The van der Waals surface area contributed by atoms with Crippen molar-refractivity contribution in [3.8, 4) is 0 Å². The van der Waals surface area contributed by atoms with Crippen molar-refractivity contribution in [1.82, 2.24) is 5.32 Å². The van der Waals surface area contributed by atoms with E-state index in [1.165, 1.54) is 12.1 Å². The monoisotopic (exact) mass is 305 g/mol. The van der Waals surface area contributed by atoms with Crippen LogP contribution in [0.25, 0.3) is 0 Å². The summed E-state index contributed by atoms with van der Waals surface area (Å²) in [7, 11) is 0. The lowest BCUT2D eigenvalue weighted by Crippen LogP contribution is -2.45. The summed E-state index contributed by atoms with van der Waals surface area (Å²) in [5.74, 6) is -1.05. The average molecular weight is 306 g/mol. The summed E-state index contributed by atoms with van der Waals surface area (Å²) in [6.45, 7) is 3.82. The predicted octanol–water partition coefficient (Wildman–Crippen LogP) is 4.23. The van der Waals surface area contributed by atoms with Crippen LogP contribution in [0.3, 0.4) is 0 Å². The third kappa shape index (κ3) is 4.30. The van der Waals surface area contributed by atoms with Crippen molar-refractivity contribution in [3.63, 3.8) is 0 Å². The normalized spacial score (nSPS) is 11.2. The fourth-order valence-electron chi connectivity index (χ4n) is 2.20. The van der Waals surface area contributed by atoms with Crippen LogP contribution in [0.4, 0.5) is 4.39 Å². The van der Waals surface area contributed by atoms with Gasteiger partial charge >= 0.3 is 0 Å². The van der Waals surface area contributed by atoms with Crippen LogP contribution in [-0.2, 0) is 6.42 Å². The van der Waals surface area contributed by atoms with Crippen molar-refractivity contribution in [2.45, 2.75) is 25.8 Å². The van der Waals surface area contributed by atoms with Crippen molar-refractivity contribution in [2.75, 3.05) is 0 Å². The molecule has 1 N–H and O–H groups in total. The molecule has 21 heavy (non-hydrogen) atoms. The summed E-state index contributed by atoms with van der Waals surface area (Å²) in [6, 6.07) is 13.9. The van der Waals surface area contributed by atoms with Gasteiger partial charge in [0.05, 0.1) is 5.56 Å². The predicted molar refractivity (Wildman–Crippen MR) is 83.1 cm³/mol. The molecule has 1 amide bonds. The van der Waals surface area contributed by atoms with Gasteiger partial charge in [-0.25, -0.2) is 4.39 Å². The Bertz CT molecular complexity index is 640. The molecule has 0 aliphatic carbocycles. The number of rotatable bonds is 4. The first kappa shape index (κ1) is 15.5. The zero-order valence-corrected chi connectivity index (χ0v) is 12.7. The zero-order chi connectivity index (χ0) is 15.5. The van der Waals surface area contributed by atoms with Gasteiger partial charge in [-0.2, -0.15) is 0 Å². The van der Waals surface area contributed by atoms with Gasteiger partial charge in [0.2, 0.25) is 0 Å². The van der Waals surface area contributed by atoms with Gasteiger partial charge < -0.3 is 5.32 Å². The Morgan fingerprint density at radius 1 is 1.19 bits per heavy atom. The van der Waals surface area contributed by atoms with Crippen LogP contribution < -0.4 is 5.32 Å². The van der Waals surface area contributed by atoms with Gasteiger partial charge in [-0.15, -0.1) is 0 Å². The number of amides is 1.